The standard InChI is InChI=1S/C28H22N2S/c29-23-17-9-7-15-21(23)27-25(19-11-3-1-4-12-19)26(20-13-5-2-6-14-20)28(31-27)22-16-8-10-18-24(22)30/h1-18H,29-30H2. The molecule has 0 aliphatic rings. The maximum atomic E-state index is 6.45. The van der Waals surface area contributed by atoms with Crippen LogP contribution in [0.15, 0.2) is 109 Å². The second-order valence-corrected chi connectivity index (χ2v) is 8.44. The summed E-state index contributed by atoms with van der Waals surface area (Å²) in [5.74, 6) is 0. The molecule has 1 aromatic heterocycles. The Kier molecular flexibility index (Phi) is 5.03. The smallest absolute Gasteiger partial charge is 0.0454 e. The summed E-state index contributed by atoms with van der Waals surface area (Å²) in [5, 5.41) is 0. The number of nitrogen functional groups attached to an aromatic ring is 2. The van der Waals surface area contributed by atoms with E-state index in [9.17, 15) is 0 Å². The summed E-state index contributed by atoms with van der Waals surface area (Å²) >= 11 is 1.75. The predicted octanol–water partition coefficient (Wildman–Crippen LogP) is 7.58. The van der Waals surface area contributed by atoms with Crippen molar-refractivity contribution in [3.8, 4) is 43.1 Å². The van der Waals surface area contributed by atoms with Crippen molar-refractivity contribution in [2.24, 2.45) is 0 Å². The van der Waals surface area contributed by atoms with Crippen molar-refractivity contribution in [1.29, 1.82) is 0 Å². The molecular weight excluding hydrogens is 396 g/mol. The first-order chi connectivity index (χ1) is 15.2. The fraction of sp³-hybridized carbons (Fsp3) is 0. The van der Waals surface area contributed by atoms with Crippen LogP contribution >= 0.6 is 11.3 Å². The first-order valence-corrected chi connectivity index (χ1v) is 11.0. The minimum Gasteiger partial charge on any atom is -0.398 e. The van der Waals surface area contributed by atoms with E-state index in [1.165, 1.54) is 11.1 Å². The first kappa shape index (κ1) is 19.2. The van der Waals surface area contributed by atoms with E-state index in [0.29, 0.717) is 0 Å². The van der Waals surface area contributed by atoms with Gasteiger partial charge in [-0.05, 0) is 23.3 Å². The number of para-hydroxylation sites is 2. The van der Waals surface area contributed by atoms with Crippen LogP contribution in [0.4, 0.5) is 11.4 Å². The monoisotopic (exact) mass is 418 g/mol. The summed E-state index contributed by atoms with van der Waals surface area (Å²) < 4.78 is 0. The van der Waals surface area contributed by atoms with Gasteiger partial charge in [0.2, 0.25) is 0 Å². The minimum atomic E-state index is 0.771. The maximum absolute atomic E-state index is 6.45. The largest absolute Gasteiger partial charge is 0.398 e. The Morgan fingerprint density at radius 2 is 0.774 bits per heavy atom. The number of benzene rings is 4. The Labute approximate surface area is 186 Å². The zero-order valence-corrected chi connectivity index (χ0v) is 17.8. The molecule has 0 aliphatic carbocycles. The van der Waals surface area contributed by atoms with Gasteiger partial charge in [0.25, 0.3) is 0 Å². The van der Waals surface area contributed by atoms with Crippen molar-refractivity contribution >= 4 is 22.7 Å². The van der Waals surface area contributed by atoms with Gasteiger partial charge in [-0.3, -0.25) is 0 Å². The van der Waals surface area contributed by atoms with Crippen molar-refractivity contribution in [2.45, 2.75) is 0 Å². The Morgan fingerprint density at radius 1 is 0.419 bits per heavy atom. The van der Waals surface area contributed by atoms with Crippen LogP contribution in [-0.2, 0) is 0 Å². The highest BCUT2D eigenvalue weighted by Gasteiger charge is 2.24. The van der Waals surface area contributed by atoms with Crippen molar-refractivity contribution < 1.29 is 0 Å². The van der Waals surface area contributed by atoms with Crippen molar-refractivity contribution in [2.75, 3.05) is 11.5 Å². The van der Waals surface area contributed by atoms with Gasteiger partial charge >= 0.3 is 0 Å². The number of thiophene rings is 1. The van der Waals surface area contributed by atoms with Crippen molar-refractivity contribution in [3.63, 3.8) is 0 Å². The summed E-state index contributed by atoms with van der Waals surface area (Å²) in [7, 11) is 0. The average molecular weight is 419 g/mol. The van der Waals surface area contributed by atoms with Gasteiger partial charge in [0, 0.05) is 43.4 Å². The number of nitrogens with two attached hydrogens (primary N) is 2. The van der Waals surface area contributed by atoms with Gasteiger partial charge in [0.1, 0.15) is 0 Å². The lowest BCUT2D eigenvalue weighted by molar-refractivity contribution is 1.61. The molecule has 0 spiro atoms. The van der Waals surface area contributed by atoms with E-state index >= 15 is 0 Å². The molecule has 5 rings (SSSR count). The molecule has 150 valence electrons. The highest BCUT2D eigenvalue weighted by atomic mass is 32.1. The summed E-state index contributed by atoms with van der Waals surface area (Å²) in [6.07, 6.45) is 0. The summed E-state index contributed by atoms with van der Waals surface area (Å²) in [6, 6.07) is 37.2. The van der Waals surface area contributed by atoms with Crippen molar-refractivity contribution in [1.82, 2.24) is 0 Å². The van der Waals surface area contributed by atoms with Crippen LogP contribution in [0.25, 0.3) is 43.1 Å². The van der Waals surface area contributed by atoms with E-state index in [-0.39, 0.29) is 0 Å². The highest BCUT2D eigenvalue weighted by Crippen LogP contribution is 2.53. The van der Waals surface area contributed by atoms with Gasteiger partial charge in [-0.25, -0.2) is 0 Å². The molecule has 3 heteroatoms. The van der Waals surface area contributed by atoms with E-state index < -0.39 is 0 Å². The SMILES string of the molecule is Nc1ccccc1-c1sc(-c2ccccc2N)c(-c2ccccc2)c1-c1ccccc1. The molecule has 31 heavy (non-hydrogen) atoms. The molecule has 0 saturated carbocycles. The molecule has 0 amide bonds. The Morgan fingerprint density at radius 3 is 1.16 bits per heavy atom. The summed E-state index contributed by atoms with van der Waals surface area (Å²) in [6.45, 7) is 0. The number of hydrogen-bond donors (Lipinski definition) is 2. The van der Waals surface area contributed by atoms with E-state index in [1.807, 2.05) is 48.5 Å². The van der Waals surface area contributed by atoms with Gasteiger partial charge in [0.15, 0.2) is 0 Å². The van der Waals surface area contributed by atoms with Crippen molar-refractivity contribution in [3.05, 3.63) is 109 Å². The molecule has 4 N–H and O–H groups in total. The van der Waals surface area contributed by atoms with E-state index in [0.717, 1.165) is 43.4 Å². The van der Waals surface area contributed by atoms with Gasteiger partial charge in [-0.15, -0.1) is 11.3 Å². The normalized spacial score (nSPS) is 10.8. The van der Waals surface area contributed by atoms with Crippen LogP contribution in [0.1, 0.15) is 0 Å². The van der Waals surface area contributed by atoms with Crippen LogP contribution in [0.5, 0.6) is 0 Å². The van der Waals surface area contributed by atoms with E-state index in [1.54, 1.807) is 11.3 Å². The Bertz CT molecular complexity index is 1230. The molecule has 0 atom stereocenters. The quantitative estimate of drug-likeness (QED) is 0.296. The van der Waals surface area contributed by atoms with Gasteiger partial charge in [-0.1, -0.05) is 97.1 Å². The van der Waals surface area contributed by atoms with Crippen LogP contribution < -0.4 is 11.5 Å². The van der Waals surface area contributed by atoms with Gasteiger partial charge in [-0.2, -0.15) is 0 Å². The Balaban J connectivity index is 1.93. The fourth-order valence-electron chi connectivity index (χ4n) is 3.98. The van der Waals surface area contributed by atoms with Gasteiger partial charge < -0.3 is 11.5 Å². The molecule has 0 saturated heterocycles. The lowest BCUT2D eigenvalue weighted by atomic mass is 9.91. The zero-order valence-electron chi connectivity index (χ0n) is 17.0. The first-order valence-electron chi connectivity index (χ1n) is 10.2. The molecule has 5 aromatic rings. The van der Waals surface area contributed by atoms with Gasteiger partial charge in [0.05, 0.1) is 0 Å². The van der Waals surface area contributed by atoms with E-state index in [4.69, 9.17) is 11.5 Å². The third kappa shape index (κ3) is 3.49. The average Bonchev–Trinajstić information content (AvgIpc) is 3.21. The molecular formula is C28H22N2S. The Hall–Kier alpha value is -3.82. The highest BCUT2D eigenvalue weighted by molar-refractivity contribution is 7.20. The number of hydrogen-bond acceptors (Lipinski definition) is 3. The van der Waals surface area contributed by atoms with E-state index in [2.05, 4.69) is 60.7 Å². The molecule has 0 fully saturated rings. The second-order valence-electron chi connectivity index (χ2n) is 7.42. The molecule has 0 aliphatic heterocycles. The molecule has 0 unspecified atom stereocenters. The molecule has 0 radical (unpaired) electrons. The summed E-state index contributed by atoms with van der Waals surface area (Å²) in [5.41, 5.74) is 21.2. The fourth-order valence-corrected chi connectivity index (χ4v) is 5.42. The molecule has 4 aromatic carbocycles. The molecule has 1 heterocycles. The van der Waals surface area contributed by atoms with Crippen LogP contribution in [0.2, 0.25) is 0 Å². The summed E-state index contributed by atoms with van der Waals surface area (Å²) in [4.78, 5) is 2.31. The molecule has 2 nitrogen and oxygen atoms in total. The van der Waals surface area contributed by atoms with Crippen LogP contribution in [0, 0.1) is 0 Å². The lowest BCUT2D eigenvalue weighted by Crippen LogP contribution is -1.91. The maximum Gasteiger partial charge on any atom is 0.0454 e. The zero-order chi connectivity index (χ0) is 21.2. The number of rotatable bonds is 4. The van der Waals surface area contributed by atoms with Crippen LogP contribution in [-0.4, -0.2) is 0 Å². The number of anilines is 2. The topological polar surface area (TPSA) is 52.0 Å². The third-order valence-corrected chi connectivity index (χ3v) is 6.70. The molecule has 0 bridgehead atoms. The predicted molar refractivity (Wildman–Crippen MR) is 135 cm³/mol. The second kappa shape index (κ2) is 8.13. The lowest BCUT2D eigenvalue weighted by Gasteiger charge is -2.12. The van der Waals surface area contributed by atoms with Crippen LogP contribution in [0.3, 0.4) is 0 Å². The third-order valence-electron chi connectivity index (χ3n) is 5.44. The minimum absolute atomic E-state index is 0.771.